The number of rotatable bonds is 8. The predicted molar refractivity (Wildman–Crippen MR) is 133 cm³/mol. The minimum Gasteiger partial charge on any atom is -0.382 e. The Labute approximate surface area is 188 Å². The molecule has 31 heavy (non-hydrogen) atoms. The first kappa shape index (κ1) is 21.7. The molecule has 0 amide bonds. The standard InChI is InChI=1S/C25H31N5S/c1-5-6-11-21-29-22-23(19-9-7-8-10-20(19)28-25(22)26)30(21)13-12-27-31-24-17(3)14-16(2)15-18(24)4/h7-10,14-15,27H,5-6,11-13H2,1-4H3,(H2,26,28). The Morgan fingerprint density at radius 3 is 2.55 bits per heavy atom. The van der Waals surface area contributed by atoms with Gasteiger partial charge in [-0.25, -0.2) is 9.97 Å². The number of unbranched alkanes of at least 4 members (excludes halogenated alkanes) is 1. The third kappa shape index (κ3) is 4.41. The molecular formula is C25H31N5S. The zero-order chi connectivity index (χ0) is 22.0. The summed E-state index contributed by atoms with van der Waals surface area (Å²) in [6.07, 6.45) is 3.19. The summed E-state index contributed by atoms with van der Waals surface area (Å²) < 4.78 is 5.91. The normalized spacial score (nSPS) is 11.6. The fourth-order valence-electron chi connectivity index (χ4n) is 4.28. The fraction of sp³-hybridized carbons (Fsp3) is 0.360. The van der Waals surface area contributed by atoms with Crippen molar-refractivity contribution in [3.8, 4) is 0 Å². The Kier molecular flexibility index (Phi) is 6.49. The Hall–Kier alpha value is -2.57. The van der Waals surface area contributed by atoms with E-state index in [0.29, 0.717) is 5.82 Å². The number of benzene rings is 2. The second-order valence-corrected chi connectivity index (χ2v) is 9.12. The molecule has 3 N–H and O–H groups in total. The number of nitrogens with one attached hydrogen (secondary N) is 1. The molecule has 2 heterocycles. The van der Waals surface area contributed by atoms with Crippen LogP contribution < -0.4 is 10.5 Å². The number of hydrogen-bond donors (Lipinski definition) is 2. The molecule has 0 saturated carbocycles. The van der Waals surface area contributed by atoms with E-state index in [1.807, 2.05) is 12.1 Å². The van der Waals surface area contributed by atoms with Gasteiger partial charge in [-0.2, -0.15) is 0 Å². The van der Waals surface area contributed by atoms with E-state index in [9.17, 15) is 0 Å². The van der Waals surface area contributed by atoms with Crippen LogP contribution in [-0.4, -0.2) is 21.1 Å². The summed E-state index contributed by atoms with van der Waals surface area (Å²) in [7, 11) is 0. The van der Waals surface area contributed by atoms with Crippen LogP contribution in [0.4, 0.5) is 5.82 Å². The van der Waals surface area contributed by atoms with Gasteiger partial charge in [0.15, 0.2) is 5.82 Å². The highest BCUT2D eigenvalue weighted by Crippen LogP contribution is 2.30. The van der Waals surface area contributed by atoms with Crippen LogP contribution in [0.2, 0.25) is 0 Å². The van der Waals surface area contributed by atoms with Gasteiger partial charge in [-0.05, 0) is 56.3 Å². The van der Waals surface area contributed by atoms with Crippen LogP contribution >= 0.6 is 11.9 Å². The van der Waals surface area contributed by atoms with Gasteiger partial charge in [0, 0.05) is 29.8 Å². The van der Waals surface area contributed by atoms with Gasteiger partial charge >= 0.3 is 0 Å². The lowest BCUT2D eigenvalue weighted by Gasteiger charge is -2.13. The Bertz CT molecular complexity index is 1200. The molecule has 0 saturated heterocycles. The number of hydrogen-bond acceptors (Lipinski definition) is 5. The third-order valence-corrected chi connectivity index (χ3v) is 6.86. The molecule has 4 rings (SSSR count). The summed E-state index contributed by atoms with van der Waals surface area (Å²) in [6.45, 7) is 10.4. The number of nitrogens with zero attached hydrogens (tertiary/aromatic N) is 3. The minimum atomic E-state index is 0.512. The molecule has 0 radical (unpaired) electrons. The second-order valence-electron chi connectivity index (χ2n) is 8.22. The van der Waals surface area contributed by atoms with Crippen LogP contribution in [0.5, 0.6) is 0 Å². The van der Waals surface area contributed by atoms with Gasteiger partial charge in [0.25, 0.3) is 0 Å². The van der Waals surface area contributed by atoms with E-state index in [1.54, 1.807) is 11.9 Å². The topological polar surface area (TPSA) is 68.8 Å². The summed E-state index contributed by atoms with van der Waals surface area (Å²) in [6, 6.07) is 12.7. The van der Waals surface area contributed by atoms with Crippen molar-refractivity contribution >= 4 is 39.7 Å². The van der Waals surface area contributed by atoms with Crippen molar-refractivity contribution < 1.29 is 0 Å². The van der Waals surface area contributed by atoms with Crippen LogP contribution in [-0.2, 0) is 13.0 Å². The van der Waals surface area contributed by atoms with Crippen molar-refractivity contribution in [3.63, 3.8) is 0 Å². The maximum atomic E-state index is 6.30. The van der Waals surface area contributed by atoms with Crippen LogP contribution in [0.25, 0.3) is 21.9 Å². The van der Waals surface area contributed by atoms with Gasteiger partial charge in [-0.15, -0.1) is 0 Å². The molecule has 0 spiro atoms. The summed E-state index contributed by atoms with van der Waals surface area (Å²) in [5, 5.41) is 1.11. The molecule has 0 aliphatic heterocycles. The van der Waals surface area contributed by atoms with Crippen molar-refractivity contribution in [2.75, 3.05) is 12.3 Å². The Balaban J connectivity index is 1.63. The molecule has 0 bridgehead atoms. The minimum absolute atomic E-state index is 0.512. The predicted octanol–water partition coefficient (Wildman–Crippen LogP) is 5.73. The first-order valence-electron chi connectivity index (χ1n) is 11.0. The number of nitrogens with two attached hydrogens (primary N) is 1. The number of para-hydroxylation sites is 1. The Morgan fingerprint density at radius 2 is 1.81 bits per heavy atom. The number of anilines is 1. The molecule has 0 unspecified atom stereocenters. The molecule has 6 heteroatoms. The quantitative estimate of drug-likeness (QED) is 0.274. The van der Waals surface area contributed by atoms with E-state index < -0.39 is 0 Å². The second kappa shape index (κ2) is 9.28. The lowest BCUT2D eigenvalue weighted by atomic mass is 10.1. The first-order chi connectivity index (χ1) is 15.0. The maximum absolute atomic E-state index is 6.30. The molecule has 0 fully saturated rings. The number of pyridine rings is 1. The number of aromatic nitrogens is 3. The zero-order valence-corrected chi connectivity index (χ0v) is 19.6. The van der Waals surface area contributed by atoms with Crippen LogP contribution in [0.3, 0.4) is 0 Å². The van der Waals surface area contributed by atoms with E-state index in [1.165, 1.54) is 21.6 Å². The van der Waals surface area contributed by atoms with Crippen molar-refractivity contribution in [2.24, 2.45) is 0 Å². The molecule has 0 atom stereocenters. The third-order valence-electron chi connectivity index (χ3n) is 5.66. The largest absolute Gasteiger partial charge is 0.382 e. The van der Waals surface area contributed by atoms with Gasteiger partial charge in [-0.1, -0.05) is 49.2 Å². The first-order valence-corrected chi connectivity index (χ1v) is 11.8. The number of imidazole rings is 1. The number of aryl methyl sites for hydroxylation is 4. The zero-order valence-electron chi connectivity index (χ0n) is 18.8. The van der Waals surface area contributed by atoms with Crippen molar-refractivity contribution in [1.29, 1.82) is 0 Å². The van der Waals surface area contributed by atoms with Crippen LogP contribution in [0.1, 0.15) is 42.3 Å². The summed E-state index contributed by atoms with van der Waals surface area (Å²) in [5.74, 6) is 1.61. The average molecular weight is 434 g/mol. The SMILES string of the molecule is CCCCc1nc2c(N)nc3ccccc3c2n1CCNSc1c(C)cc(C)cc1C. The average Bonchev–Trinajstić information content (AvgIpc) is 3.10. The molecule has 162 valence electrons. The Morgan fingerprint density at radius 1 is 1.06 bits per heavy atom. The molecular weight excluding hydrogens is 402 g/mol. The molecule has 4 aromatic rings. The molecule has 0 aliphatic carbocycles. The van der Waals surface area contributed by atoms with E-state index in [4.69, 9.17) is 10.7 Å². The highest BCUT2D eigenvalue weighted by atomic mass is 32.2. The van der Waals surface area contributed by atoms with Crippen molar-refractivity contribution in [2.45, 2.75) is 58.4 Å². The van der Waals surface area contributed by atoms with Crippen molar-refractivity contribution in [1.82, 2.24) is 19.3 Å². The highest BCUT2D eigenvalue weighted by Gasteiger charge is 2.17. The maximum Gasteiger partial charge on any atom is 0.152 e. The van der Waals surface area contributed by atoms with E-state index in [0.717, 1.165) is 60.1 Å². The number of nitrogen functional groups attached to an aromatic ring is 1. The smallest absolute Gasteiger partial charge is 0.152 e. The monoisotopic (exact) mass is 433 g/mol. The number of fused-ring (bicyclic) bond motifs is 3. The van der Waals surface area contributed by atoms with Crippen molar-refractivity contribution in [3.05, 3.63) is 58.9 Å². The molecule has 5 nitrogen and oxygen atoms in total. The molecule has 0 aliphatic rings. The summed E-state index contributed by atoms with van der Waals surface area (Å²) in [5.41, 5.74) is 13.1. The lowest BCUT2D eigenvalue weighted by molar-refractivity contribution is 0.641. The fourth-order valence-corrected chi connectivity index (χ4v) is 5.06. The molecule has 2 aromatic heterocycles. The van der Waals surface area contributed by atoms with Gasteiger partial charge in [0.1, 0.15) is 11.3 Å². The van der Waals surface area contributed by atoms with Gasteiger partial charge in [0.05, 0.1) is 11.0 Å². The van der Waals surface area contributed by atoms with Crippen LogP contribution in [0, 0.1) is 20.8 Å². The summed E-state index contributed by atoms with van der Waals surface area (Å²) >= 11 is 1.72. The van der Waals surface area contributed by atoms with Gasteiger partial charge in [-0.3, -0.25) is 4.72 Å². The van der Waals surface area contributed by atoms with Crippen LogP contribution in [0.15, 0.2) is 41.3 Å². The van der Waals surface area contributed by atoms with E-state index in [-0.39, 0.29) is 0 Å². The van der Waals surface area contributed by atoms with Gasteiger partial charge < -0.3 is 10.3 Å². The van der Waals surface area contributed by atoms with E-state index >= 15 is 0 Å². The van der Waals surface area contributed by atoms with Gasteiger partial charge in [0.2, 0.25) is 0 Å². The molecule has 2 aromatic carbocycles. The lowest BCUT2D eigenvalue weighted by Crippen LogP contribution is -2.16. The summed E-state index contributed by atoms with van der Waals surface area (Å²) in [4.78, 5) is 10.8. The van der Waals surface area contributed by atoms with E-state index in [2.05, 4.69) is 66.2 Å². The highest BCUT2D eigenvalue weighted by molar-refractivity contribution is 7.97.